The Labute approximate surface area is 123 Å². The fourth-order valence-electron chi connectivity index (χ4n) is 2.05. The Kier molecular flexibility index (Phi) is 4.72. The van der Waals surface area contributed by atoms with Crippen LogP contribution in [-0.4, -0.2) is 17.0 Å². The quantitative estimate of drug-likeness (QED) is 0.885. The molecule has 1 amide bonds. The van der Waals surface area contributed by atoms with Crippen LogP contribution in [0.15, 0.2) is 48.5 Å². The van der Waals surface area contributed by atoms with E-state index in [9.17, 15) is 9.59 Å². The number of aromatic carboxylic acids is 1. The Morgan fingerprint density at radius 3 is 2.43 bits per heavy atom. The second-order valence-electron chi connectivity index (χ2n) is 4.87. The molecular weight excluding hydrogens is 266 g/mol. The number of nitrogens with one attached hydrogen (secondary N) is 1. The molecule has 2 rings (SSSR count). The van der Waals surface area contributed by atoms with Crippen LogP contribution in [0, 0.1) is 6.92 Å². The van der Waals surface area contributed by atoms with E-state index >= 15 is 0 Å². The van der Waals surface area contributed by atoms with Crippen molar-refractivity contribution in [1.29, 1.82) is 0 Å². The first-order valence-corrected chi connectivity index (χ1v) is 6.74. The molecule has 0 saturated carbocycles. The number of hydrogen-bond acceptors (Lipinski definition) is 2. The third-order valence-corrected chi connectivity index (χ3v) is 3.23. The van der Waals surface area contributed by atoms with Gasteiger partial charge in [0.1, 0.15) is 0 Å². The molecule has 4 nitrogen and oxygen atoms in total. The molecule has 0 aliphatic heterocycles. The highest BCUT2D eigenvalue weighted by atomic mass is 16.4. The van der Waals surface area contributed by atoms with Gasteiger partial charge in [-0.25, -0.2) is 4.79 Å². The molecule has 2 aromatic rings. The topological polar surface area (TPSA) is 66.4 Å². The molecule has 0 unspecified atom stereocenters. The van der Waals surface area contributed by atoms with Gasteiger partial charge in [-0.15, -0.1) is 0 Å². The van der Waals surface area contributed by atoms with Crippen LogP contribution in [-0.2, 0) is 11.2 Å². The number of rotatable bonds is 5. The zero-order valence-electron chi connectivity index (χ0n) is 11.8. The Hall–Kier alpha value is -2.62. The van der Waals surface area contributed by atoms with Gasteiger partial charge in [0.05, 0.1) is 5.56 Å². The van der Waals surface area contributed by atoms with Crippen molar-refractivity contribution in [2.45, 2.75) is 19.8 Å². The summed E-state index contributed by atoms with van der Waals surface area (Å²) in [4.78, 5) is 22.8. The maximum absolute atomic E-state index is 11.9. The summed E-state index contributed by atoms with van der Waals surface area (Å²) in [7, 11) is 0. The Bertz CT molecular complexity index is 650. The summed E-state index contributed by atoms with van der Waals surface area (Å²) >= 11 is 0. The third kappa shape index (κ3) is 4.18. The average molecular weight is 283 g/mol. The molecule has 0 aromatic heterocycles. The number of benzene rings is 2. The van der Waals surface area contributed by atoms with Gasteiger partial charge >= 0.3 is 5.97 Å². The highest BCUT2D eigenvalue weighted by Crippen LogP contribution is 2.17. The number of aryl methyl sites for hydroxylation is 2. The Morgan fingerprint density at radius 1 is 1.10 bits per heavy atom. The smallest absolute Gasteiger partial charge is 0.335 e. The van der Waals surface area contributed by atoms with E-state index in [0.717, 1.165) is 11.1 Å². The molecule has 21 heavy (non-hydrogen) atoms. The number of hydrogen-bond donors (Lipinski definition) is 2. The van der Waals surface area contributed by atoms with E-state index in [1.165, 1.54) is 6.07 Å². The van der Waals surface area contributed by atoms with Crippen molar-refractivity contribution in [2.24, 2.45) is 0 Å². The number of carboxylic acids is 1. The van der Waals surface area contributed by atoms with Crippen molar-refractivity contribution >= 4 is 17.6 Å². The lowest BCUT2D eigenvalue weighted by molar-refractivity contribution is -0.116. The highest BCUT2D eigenvalue weighted by molar-refractivity contribution is 5.93. The summed E-state index contributed by atoms with van der Waals surface area (Å²) in [6.07, 6.45) is 1.07. The van der Waals surface area contributed by atoms with Crippen LogP contribution in [0.2, 0.25) is 0 Å². The molecule has 0 aliphatic rings. The summed E-state index contributed by atoms with van der Waals surface area (Å²) in [5, 5.41) is 11.7. The van der Waals surface area contributed by atoms with E-state index in [1.807, 2.05) is 30.3 Å². The van der Waals surface area contributed by atoms with Gasteiger partial charge in [-0.3, -0.25) is 4.79 Å². The van der Waals surface area contributed by atoms with E-state index in [4.69, 9.17) is 5.11 Å². The molecule has 0 heterocycles. The molecule has 2 N–H and O–H groups in total. The number of carboxylic acid groups (broad SMARTS) is 1. The average Bonchev–Trinajstić information content (AvgIpc) is 2.48. The second-order valence-corrected chi connectivity index (χ2v) is 4.87. The van der Waals surface area contributed by atoms with E-state index in [0.29, 0.717) is 18.5 Å². The maximum Gasteiger partial charge on any atom is 0.335 e. The Morgan fingerprint density at radius 2 is 1.81 bits per heavy atom. The fraction of sp³-hybridized carbons (Fsp3) is 0.176. The molecule has 0 spiro atoms. The Balaban J connectivity index is 1.95. The molecular formula is C17H17NO3. The lowest BCUT2D eigenvalue weighted by Crippen LogP contribution is -2.13. The van der Waals surface area contributed by atoms with E-state index in [1.54, 1.807) is 19.1 Å². The lowest BCUT2D eigenvalue weighted by Gasteiger charge is -2.09. The van der Waals surface area contributed by atoms with Crippen LogP contribution in [0.3, 0.4) is 0 Å². The number of carbonyl (C=O) groups is 2. The molecule has 2 aromatic carbocycles. The van der Waals surface area contributed by atoms with Crippen molar-refractivity contribution < 1.29 is 14.7 Å². The normalized spacial score (nSPS) is 10.1. The number of anilines is 1. The predicted octanol–water partition coefficient (Wildman–Crippen LogP) is 3.26. The molecule has 0 fully saturated rings. The summed E-state index contributed by atoms with van der Waals surface area (Å²) in [6.45, 7) is 1.78. The van der Waals surface area contributed by atoms with Gasteiger partial charge < -0.3 is 10.4 Å². The minimum atomic E-state index is -0.972. The van der Waals surface area contributed by atoms with Crippen molar-refractivity contribution in [3.8, 4) is 0 Å². The first kappa shape index (κ1) is 14.8. The molecule has 4 heteroatoms. The standard InChI is InChI=1S/C17H17NO3/c1-12-11-14(17(20)21)8-9-15(12)18-16(19)10-7-13-5-3-2-4-6-13/h2-6,8-9,11H,7,10H2,1H3,(H,18,19)(H,20,21). The van der Waals surface area contributed by atoms with Crippen LogP contribution < -0.4 is 5.32 Å². The van der Waals surface area contributed by atoms with Crippen molar-refractivity contribution in [3.05, 3.63) is 65.2 Å². The van der Waals surface area contributed by atoms with Crippen LogP contribution in [0.4, 0.5) is 5.69 Å². The zero-order valence-corrected chi connectivity index (χ0v) is 11.8. The zero-order chi connectivity index (χ0) is 15.2. The van der Waals surface area contributed by atoms with Gasteiger partial charge in [0.25, 0.3) is 0 Å². The summed E-state index contributed by atoms with van der Waals surface area (Å²) < 4.78 is 0. The second kappa shape index (κ2) is 6.70. The predicted molar refractivity (Wildman–Crippen MR) is 81.5 cm³/mol. The van der Waals surface area contributed by atoms with Crippen molar-refractivity contribution in [2.75, 3.05) is 5.32 Å². The first-order chi connectivity index (χ1) is 10.1. The largest absolute Gasteiger partial charge is 0.478 e. The summed E-state index contributed by atoms with van der Waals surface area (Å²) in [5.41, 5.74) is 2.72. The van der Waals surface area contributed by atoms with Gasteiger partial charge in [0, 0.05) is 12.1 Å². The molecule has 0 radical (unpaired) electrons. The van der Waals surface area contributed by atoms with Crippen LogP contribution in [0.1, 0.15) is 27.9 Å². The van der Waals surface area contributed by atoms with E-state index < -0.39 is 5.97 Å². The van der Waals surface area contributed by atoms with Gasteiger partial charge in [-0.1, -0.05) is 30.3 Å². The van der Waals surface area contributed by atoms with E-state index in [-0.39, 0.29) is 11.5 Å². The fourth-order valence-corrected chi connectivity index (χ4v) is 2.05. The summed E-state index contributed by atoms with van der Waals surface area (Å²) in [5.74, 6) is -1.05. The third-order valence-electron chi connectivity index (χ3n) is 3.23. The molecule has 0 bridgehead atoms. The monoisotopic (exact) mass is 283 g/mol. The van der Waals surface area contributed by atoms with Gasteiger partial charge in [0.2, 0.25) is 5.91 Å². The summed E-state index contributed by atoms with van der Waals surface area (Å²) in [6, 6.07) is 14.5. The number of amides is 1. The molecule has 108 valence electrons. The minimum absolute atomic E-state index is 0.0787. The van der Waals surface area contributed by atoms with Crippen molar-refractivity contribution in [1.82, 2.24) is 0 Å². The number of carbonyl (C=O) groups excluding carboxylic acids is 1. The van der Waals surface area contributed by atoms with Crippen LogP contribution in [0.25, 0.3) is 0 Å². The maximum atomic E-state index is 11.9. The van der Waals surface area contributed by atoms with Gasteiger partial charge in [-0.2, -0.15) is 0 Å². The lowest BCUT2D eigenvalue weighted by atomic mass is 10.1. The molecule has 0 saturated heterocycles. The van der Waals surface area contributed by atoms with Crippen LogP contribution >= 0.6 is 0 Å². The van der Waals surface area contributed by atoms with Crippen LogP contribution in [0.5, 0.6) is 0 Å². The SMILES string of the molecule is Cc1cc(C(=O)O)ccc1NC(=O)CCc1ccccc1. The molecule has 0 aliphatic carbocycles. The first-order valence-electron chi connectivity index (χ1n) is 6.74. The molecule has 0 atom stereocenters. The van der Waals surface area contributed by atoms with E-state index in [2.05, 4.69) is 5.32 Å². The minimum Gasteiger partial charge on any atom is -0.478 e. The van der Waals surface area contributed by atoms with Gasteiger partial charge in [0.15, 0.2) is 0 Å². The van der Waals surface area contributed by atoms with Crippen molar-refractivity contribution in [3.63, 3.8) is 0 Å². The highest BCUT2D eigenvalue weighted by Gasteiger charge is 2.08. The van der Waals surface area contributed by atoms with Gasteiger partial charge in [-0.05, 0) is 42.7 Å².